The summed E-state index contributed by atoms with van der Waals surface area (Å²) in [6, 6.07) is 0.412. The Morgan fingerprint density at radius 3 is 2.62 bits per heavy atom. The monoisotopic (exact) mass is 225 g/mol. The lowest BCUT2D eigenvalue weighted by molar-refractivity contribution is -0.142. The summed E-state index contributed by atoms with van der Waals surface area (Å²) in [6.45, 7) is 0.833. The smallest absolute Gasteiger partial charge is 0.303 e. The number of carboxylic acid groups (broad SMARTS) is 1. The first-order chi connectivity index (χ1) is 7.68. The molecule has 2 unspecified atom stereocenters. The van der Waals surface area contributed by atoms with Gasteiger partial charge in [-0.2, -0.15) is 0 Å². The first-order valence-corrected chi connectivity index (χ1v) is 6.20. The highest BCUT2D eigenvalue weighted by molar-refractivity contribution is 5.81. The SMILES string of the molecule is O=C(O)CCC(=O)N1CCCC2CCCC21. The van der Waals surface area contributed by atoms with E-state index in [0.717, 1.165) is 19.4 Å². The Bertz CT molecular complexity index is 290. The minimum absolute atomic E-state index is 0.0350. The lowest BCUT2D eigenvalue weighted by Crippen LogP contribution is -2.46. The Balaban J connectivity index is 1.91. The zero-order valence-electron chi connectivity index (χ0n) is 9.52. The summed E-state index contributed by atoms with van der Waals surface area (Å²) >= 11 is 0. The van der Waals surface area contributed by atoms with Crippen LogP contribution in [-0.2, 0) is 9.59 Å². The van der Waals surface area contributed by atoms with Gasteiger partial charge in [0.25, 0.3) is 0 Å². The standard InChI is InChI=1S/C12H19NO3/c14-11(6-7-12(15)16)13-8-2-4-9-3-1-5-10(9)13/h9-10H,1-8H2,(H,15,16). The average molecular weight is 225 g/mol. The second kappa shape index (κ2) is 4.85. The van der Waals surface area contributed by atoms with E-state index in [9.17, 15) is 9.59 Å². The van der Waals surface area contributed by atoms with Crippen molar-refractivity contribution in [2.24, 2.45) is 5.92 Å². The van der Waals surface area contributed by atoms with Crippen LogP contribution >= 0.6 is 0 Å². The van der Waals surface area contributed by atoms with Crippen LogP contribution in [0.2, 0.25) is 0 Å². The number of amides is 1. The van der Waals surface area contributed by atoms with E-state index in [2.05, 4.69) is 0 Å². The van der Waals surface area contributed by atoms with Gasteiger partial charge in [-0.3, -0.25) is 9.59 Å². The summed E-state index contributed by atoms with van der Waals surface area (Å²) in [4.78, 5) is 24.3. The molecule has 2 atom stereocenters. The van der Waals surface area contributed by atoms with E-state index >= 15 is 0 Å². The molecule has 0 bridgehead atoms. The van der Waals surface area contributed by atoms with Crippen LogP contribution in [0.25, 0.3) is 0 Å². The molecule has 1 N–H and O–H groups in total. The van der Waals surface area contributed by atoms with Crippen molar-refractivity contribution < 1.29 is 14.7 Å². The van der Waals surface area contributed by atoms with E-state index in [1.807, 2.05) is 4.90 Å². The van der Waals surface area contributed by atoms with Crippen LogP contribution in [0.5, 0.6) is 0 Å². The van der Waals surface area contributed by atoms with Crippen molar-refractivity contribution in [1.82, 2.24) is 4.90 Å². The lowest BCUT2D eigenvalue weighted by atomic mass is 9.91. The first kappa shape index (κ1) is 11.4. The molecule has 1 amide bonds. The molecule has 4 nitrogen and oxygen atoms in total. The van der Waals surface area contributed by atoms with Gasteiger partial charge in [0.2, 0.25) is 5.91 Å². The van der Waals surface area contributed by atoms with Gasteiger partial charge in [0.05, 0.1) is 6.42 Å². The van der Waals surface area contributed by atoms with Crippen molar-refractivity contribution in [1.29, 1.82) is 0 Å². The number of hydrogen-bond donors (Lipinski definition) is 1. The maximum absolute atomic E-state index is 11.9. The Hall–Kier alpha value is -1.06. The van der Waals surface area contributed by atoms with Crippen LogP contribution in [-0.4, -0.2) is 34.5 Å². The molecule has 16 heavy (non-hydrogen) atoms. The topological polar surface area (TPSA) is 57.6 Å². The van der Waals surface area contributed by atoms with Crippen LogP contribution in [0.15, 0.2) is 0 Å². The second-order valence-corrected chi connectivity index (χ2v) is 4.88. The van der Waals surface area contributed by atoms with Gasteiger partial charge in [-0.25, -0.2) is 0 Å². The number of aliphatic carboxylic acids is 1. The van der Waals surface area contributed by atoms with Crippen LogP contribution in [0.4, 0.5) is 0 Å². The molecule has 2 aliphatic rings. The van der Waals surface area contributed by atoms with E-state index in [0.29, 0.717) is 12.0 Å². The number of carbonyl (C=O) groups is 2. The molecule has 0 aromatic heterocycles. The normalized spacial score (nSPS) is 28.9. The van der Waals surface area contributed by atoms with E-state index in [1.165, 1.54) is 19.3 Å². The highest BCUT2D eigenvalue weighted by Crippen LogP contribution is 2.36. The van der Waals surface area contributed by atoms with Crippen molar-refractivity contribution in [2.75, 3.05) is 6.54 Å². The predicted octanol–water partition coefficient (Wildman–Crippen LogP) is 1.64. The zero-order chi connectivity index (χ0) is 11.5. The summed E-state index contributed by atoms with van der Waals surface area (Å²) in [5.41, 5.74) is 0. The van der Waals surface area contributed by atoms with E-state index < -0.39 is 5.97 Å². The lowest BCUT2D eigenvalue weighted by Gasteiger charge is -2.37. The Morgan fingerprint density at radius 2 is 1.88 bits per heavy atom. The number of piperidine rings is 1. The maximum Gasteiger partial charge on any atom is 0.303 e. The van der Waals surface area contributed by atoms with Crippen LogP contribution in [0, 0.1) is 5.92 Å². The summed E-state index contributed by atoms with van der Waals surface area (Å²) in [7, 11) is 0. The molecular weight excluding hydrogens is 206 g/mol. The third-order valence-corrected chi connectivity index (χ3v) is 3.87. The van der Waals surface area contributed by atoms with Crippen molar-refractivity contribution in [3.8, 4) is 0 Å². The molecule has 1 heterocycles. The van der Waals surface area contributed by atoms with Crippen molar-refractivity contribution in [3.63, 3.8) is 0 Å². The molecule has 0 aromatic rings. The molecule has 1 saturated carbocycles. The second-order valence-electron chi connectivity index (χ2n) is 4.88. The summed E-state index contributed by atoms with van der Waals surface area (Å²) in [5.74, 6) is -0.158. The largest absolute Gasteiger partial charge is 0.481 e. The van der Waals surface area contributed by atoms with Gasteiger partial charge in [-0.15, -0.1) is 0 Å². The molecule has 1 saturated heterocycles. The van der Waals surface area contributed by atoms with Gasteiger partial charge in [0.15, 0.2) is 0 Å². The third-order valence-electron chi connectivity index (χ3n) is 3.87. The number of carboxylic acids is 1. The molecule has 2 rings (SSSR count). The number of nitrogens with zero attached hydrogens (tertiary/aromatic N) is 1. The van der Waals surface area contributed by atoms with Crippen LogP contribution < -0.4 is 0 Å². The summed E-state index contributed by atoms with van der Waals surface area (Å²) in [6.07, 6.45) is 6.04. The molecule has 0 spiro atoms. The average Bonchev–Trinajstić information content (AvgIpc) is 2.73. The molecule has 90 valence electrons. The highest BCUT2D eigenvalue weighted by Gasteiger charge is 2.36. The quantitative estimate of drug-likeness (QED) is 0.794. The number of fused-ring (bicyclic) bond motifs is 1. The van der Waals surface area contributed by atoms with Crippen molar-refractivity contribution in [2.45, 2.75) is 51.0 Å². The fraction of sp³-hybridized carbons (Fsp3) is 0.833. The number of rotatable bonds is 3. The third kappa shape index (κ3) is 2.36. The maximum atomic E-state index is 11.9. The van der Waals surface area contributed by atoms with Gasteiger partial charge in [-0.05, 0) is 31.6 Å². The molecule has 0 aromatic carbocycles. The number of likely N-dealkylation sites (tertiary alicyclic amines) is 1. The van der Waals surface area contributed by atoms with Gasteiger partial charge in [0, 0.05) is 19.0 Å². The molecular formula is C12H19NO3. The van der Waals surface area contributed by atoms with Gasteiger partial charge in [0.1, 0.15) is 0 Å². The van der Waals surface area contributed by atoms with Gasteiger partial charge >= 0.3 is 5.97 Å². The number of hydrogen-bond acceptors (Lipinski definition) is 2. The van der Waals surface area contributed by atoms with Crippen molar-refractivity contribution in [3.05, 3.63) is 0 Å². The highest BCUT2D eigenvalue weighted by atomic mass is 16.4. The van der Waals surface area contributed by atoms with Crippen LogP contribution in [0.1, 0.15) is 44.9 Å². The van der Waals surface area contributed by atoms with E-state index in [-0.39, 0.29) is 18.7 Å². The van der Waals surface area contributed by atoms with E-state index in [1.54, 1.807) is 0 Å². The number of carbonyl (C=O) groups excluding carboxylic acids is 1. The minimum atomic E-state index is -0.881. The summed E-state index contributed by atoms with van der Waals surface area (Å²) in [5, 5.41) is 8.58. The predicted molar refractivity (Wildman–Crippen MR) is 58.9 cm³/mol. The van der Waals surface area contributed by atoms with Gasteiger partial charge in [-0.1, -0.05) is 6.42 Å². The molecule has 1 aliphatic carbocycles. The Kier molecular flexibility index (Phi) is 3.46. The Labute approximate surface area is 95.6 Å². The first-order valence-electron chi connectivity index (χ1n) is 6.20. The molecule has 0 radical (unpaired) electrons. The fourth-order valence-corrected chi connectivity index (χ4v) is 3.12. The van der Waals surface area contributed by atoms with Gasteiger partial charge < -0.3 is 10.0 Å². The molecule has 4 heteroatoms. The Morgan fingerprint density at radius 1 is 1.12 bits per heavy atom. The molecule has 1 aliphatic heterocycles. The fourth-order valence-electron chi connectivity index (χ4n) is 3.12. The minimum Gasteiger partial charge on any atom is -0.481 e. The van der Waals surface area contributed by atoms with E-state index in [4.69, 9.17) is 5.11 Å². The van der Waals surface area contributed by atoms with Crippen LogP contribution in [0.3, 0.4) is 0 Å². The molecule has 2 fully saturated rings. The zero-order valence-corrected chi connectivity index (χ0v) is 9.52. The van der Waals surface area contributed by atoms with Crippen molar-refractivity contribution >= 4 is 11.9 Å². The summed E-state index contributed by atoms with van der Waals surface area (Å²) < 4.78 is 0.